The van der Waals surface area contributed by atoms with Crippen LogP contribution in [0.1, 0.15) is 31.8 Å². The largest absolute Gasteiger partial charge is 0.481 e. The first-order valence-corrected chi connectivity index (χ1v) is 11.3. The number of rotatable bonds is 6. The van der Waals surface area contributed by atoms with Crippen LogP contribution in [0.3, 0.4) is 0 Å². The average Bonchev–Trinajstić information content (AvgIpc) is 2.84. The maximum atomic E-state index is 13.2. The van der Waals surface area contributed by atoms with Gasteiger partial charge in [-0.25, -0.2) is 9.19 Å². The van der Waals surface area contributed by atoms with E-state index in [0.717, 1.165) is 11.1 Å². The van der Waals surface area contributed by atoms with Gasteiger partial charge in [-0.2, -0.15) is 0 Å². The SMILES string of the molecule is COc1cc(CNC(=O)c2ccc3c(c2)C(=O)C(Cc2ccccc2)S(=O)N3C)ccn1. The van der Waals surface area contributed by atoms with Crippen molar-refractivity contribution < 1.29 is 18.5 Å². The van der Waals surface area contributed by atoms with E-state index >= 15 is 0 Å². The zero-order chi connectivity index (χ0) is 22.7. The molecule has 164 valence electrons. The summed E-state index contributed by atoms with van der Waals surface area (Å²) in [5.41, 5.74) is 3.13. The number of fused-ring (bicyclic) bond motifs is 1. The summed E-state index contributed by atoms with van der Waals surface area (Å²) in [7, 11) is 1.74. The molecule has 1 amide bonds. The Morgan fingerprint density at radius 3 is 2.66 bits per heavy atom. The van der Waals surface area contributed by atoms with E-state index in [1.165, 1.54) is 7.11 Å². The fourth-order valence-electron chi connectivity index (χ4n) is 3.65. The molecule has 1 N–H and O–H groups in total. The summed E-state index contributed by atoms with van der Waals surface area (Å²) in [5.74, 6) is -0.0456. The Kier molecular flexibility index (Phi) is 6.32. The number of nitrogens with one attached hydrogen (secondary N) is 1. The number of methoxy groups -OCH3 is 1. The fourth-order valence-corrected chi connectivity index (χ4v) is 5.03. The molecular formula is C24H23N3O4S. The molecule has 0 saturated carbocycles. The second kappa shape index (κ2) is 9.32. The van der Waals surface area contributed by atoms with Gasteiger partial charge in [0.2, 0.25) is 5.88 Å². The maximum absolute atomic E-state index is 13.2. The molecule has 1 aromatic heterocycles. The molecule has 0 spiro atoms. The topological polar surface area (TPSA) is 88.6 Å². The third-order valence-corrected chi connectivity index (χ3v) is 7.00. The first kappa shape index (κ1) is 21.7. The molecule has 2 aromatic carbocycles. The number of benzene rings is 2. The number of carbonyl (C=O) groups is 2. The maximum Gasteiger partial charge on any atom is 0.251 e. The van der Waals surface area contributed by atoms with Gasteiger partial charge < -0.3 is 10.1 Å². The third kappa shape index (κ3) is 4.40. The number of ketones is 1. The van der Waals surface area contributed by atoms with Crippen LogP contribution < -0.4 is 14.4 Å². The average molecular weight is 450 g/mol. The molecule has 1 aliphatic heterocycles. The second-order valence-electron chi connectivity index (χ2n) is 7.44. The third-order valence-electron chi connectivity index (χ3n) is 5.39. The highest BCUT2D eigenvalue weighted by Crippen LogP contribution is 2.32. The van der Waals surface area contributed by atoms with Crippen molar-refractivity contribution in [3.05, 3.63) is 89.1 Å². The summed E-state index contributed by atoms with van der Waals surface area (Å²) < 4.78 is 19.7. The number of amides is 1. The molecule has 4 rings (SSSR count). The number of hydrogen-bond acceptors (Lipinski definition) is 5. The predicted molar refractivity (Wildman–Crippen MR) is 123 cm³/mol. The smallest absolute Gasteiger partial charge is 0.251 e. The lowest BCUT2D eigenvalue weighted by Crippen LogP contribution is -2.42. The van der Waals surface area contributed by atoms with Crippen LogP contribution >= 0.6 is 0 Å². The van der Waals surface area contributed by atoms with Gasteiger partial charge in [0.25, 0.3) is 5.91 Å². The lowest BCUT2D eigenvalue weighted by atomic mass is 9.98. The van der Waals surface area contributed by atoms with E-state index in [1.807, 2.05) is 30.3 Å². The predicted octanol–water partition coefficient (Wildman–Crippen LogP) is 2.93. The fraction of sp³-hybridized carbons (Fsp3) is 0.208. The zero-order valence-electron chi connectivity index (χ0n) is 17.8. The van der Waals surface area contributed by atoms with Gasteiger partial charge in [0, 0.05) is 37.0 Å². The van der Waals surface area contributed by atoms with Crippen LogP contribution in [0.25, 0.3) is 0 Å². The van der Waals surface area contributed by atoms with E-state index in [2.05, 4.69) is 10.3 Å². The number of hydrogen-bond donors (Lipinski definition) is 1. The van der Waals surface area contributed by atoms with Crippen molar-refractivity contribution >= 4 is 28.4 Å². The summed E-state index contributed by atoms with van der Waals surface area (Å²) >= 11 is 0. The molecule has 7 nitrogen and oxygen atoms in total. The monoisotopic (exact) mass is 449 g/mol. The van der Waals surface area contributed by atoms with Crippen LogP contribution in [0.4, 0.5) is 5.69 Å². The summed E-state index contributed by atoms with van der Waals surface area (Å²) in [4.78, 5) is 30.0. The van der Waals surface area contributed by atoms with Crippen molar-refractivity contribution in [1.82, 2.24) is 10.3 Å². The van der Waals surface area contributed by atoms with E-state index in [4.69, 9.17) is 4.74 Å². The Balaban J connectivity index is 1.54. The highest BCUT2D eigenvalue weighted by molar-refractivity contribution is 7.88. The Hall–Kier alpha value is -3.52. The number of nitrogens with zero attached hydrogens (tertiary/aromatic N) is 2. The molecule has 32 heavy (non-hydrogen) atoms. The summed E-state index contributed by atoms with van der Waals surface area (Å²) in [6.07, 6.45) is 1.98. The standard InChI is InChI=1S/C24H23N3O4S/c1-27-20-9-8-18(24(29)26-15-17-10-11-25-22(13-17)31-2)14-19(20)23(28)21(32(27)30)12-16-6-4-3-5-7-16/h3-11,13-14,21H,12,15H2,1-2H3,(H,26,29). The Morgan fingerprint density at radius 1 is 1.12 bits per heavy atom. The van der Waals surface area contributed by atoms with Gasteiger partial charge >= 0.3 is 0 Å². The lowest BCUT2D eigenvalue weighted by Gasteiger charge is -2.31. The summed E-state index contributed by atoms with van der Waals surface area (Å²) in [5, 5.41) is 2.16. The molecule has 2 unspecified atom stereocenters. The van der Waals surface area contributed by atoms with Crippen molar-refractivity contribution in [2.24, 2.45) is 0 Å². The minimum absolute atomic E-state index is 0.214. The Labute approximate surface area is 189 Å². The molecule has 0 saturated heterocycles. The summed E-state index contributed by atoms with van der Waals surface area (Å²) in [6, 6.07) is 18.0. The van der Waals surface area contributed by atoms with Gasteiger partial charge in [-0.1, -0.05) is 30.3 Å². The molecule has 1 aliphatic rings. The van der Waals surface area contributed by atoms with Gasteiger partial charge in [0.1, 0.15) is 16.2 Å². The molecule has 2 atom stereocenters. The van der Waals surface area contributed by atoms with E-state index in [1.54, 1.807) is 47.9 Å². The van der Waals surface area contributed by atoms with E-state index < -0.39 is 16.2 Å². The van der Waals surface area contributed by atoms with Gasteiger partial charge in [0.05, 0.1) is 12.8 Å². The van der Waals surface area contributed by atoms with Crippen LogP contribution in [0.5, 0.6) is 5.88 Å². The molecule has 3 aromatic rings. The van der Waals surface area contributed by atoms with Gasteiger partial charge in [0.15, 0.2) is 5.78 Å². The minimum atomic E-state index is -1.50. The van der Waals surface area contributed by atoms with E-state index in [0.29, 0.717) is 35.7 Å². The number of pyridine rings is 1. The molecule has 8 heteroatoms. The summed E-state index contributed by atoms with van der Waals surface area (Å²) in [6.45, 7) is 0.295. The molecule has 0 aliphatic carbocycles. The number of Topliss-reactive ketones (excluding diaryl/α,β-unsaturated/α-hetero) is 1. The molecule has 0 radical (unpaired) electrons. The number of aromatic nitrogens is 1. The number of ether oxygens (including phenoxy) is 1. The van der Waals surface area contributed by atoms with Crippen molar-refractivity contribution in [2.45, 2.75) is 18.2 Å². The second-order valence-corrected chi connectivity index (χ2v) is 9.11. The lowest BCUT2D eigenvalue weighted by molar-refractivity contribution is 0.0951. The molecular weight excluding hydrogens is 426 g/mol. The highest BCUT2D eigenvalue weighted by atomic mass is 32.2. The number of anilines is 1. The van der Waals surface area contributed by atoms with Crippen molar-refractivity contribution in [3.8, 4) is 5.88 Å². The molecule has 0 fully saturated rings. The first-order chi connectivity index (χ1) is 15.5. The van der Waals surface area contributed by atoms with Crippen LogP contribution in [-0.4, -0.2) is 40.3 Å². The van der Waals surface area contributed by atoms with Gasteiger partial charge in [-0.3, -0.25) is 13.9 Å². The van der Waals surface area contributed by atoms with Crippen LogP contribution in [0.2, 0.25) is 0 Å². The number of carbonyl (C=O) groups excluding carboxylic acids is 2. The van der Waals surface area contributed by atoms with Crippen LogP contribution in [-0.2, 0) is 24.0 Å². The van der Waals surface area contributed by atoms with Crippen LogP contribution in [0, 0.1) is 0 Å². The zero-order valence-corrected chi connectivity index (χ0v) is 18.6. The van der Waals surface area contributed by atoms with Crippen LogP contribution in [0.15, 0.2) is 66.9 Å². The van der Waals surface area contributed by atoms with E-state index in [-0.39, 0.29) is 11.7 Å². The van der Waals surface area contributed by atoms with Gasteiger partial charge in [-0.15, -0.1) is 0 Å². The van der Waals surface area contributed by atoms with Crippen molar-refractivity contribution in [1.29, 1.82) is 0 Å². The Bertz CT molecular complexity index is 1180. The van der Waals surface area contributed by atoms with Gasteiger partial charge in [-0.05, 0) is 41.8 Å². The normalized spacial score (nSPS) is 17.6. The quantitative estimate of drug-likeness (QED) is 0.625. The first-order valence-electron chi connectivity index (χ1n) is 10.1. The molecule has 2 heterocycles. The van der Waals surface area contributed by atoms with E-state index in [9.17, 15) is 13.8 Å². The highest BCUT2D eigenvalue weighted by Gasteiger charge is 2.37. The van der Waals surface area contributed by atoms with Crippen molar-refractivity contribution in [2.75, 3.05) is 18.5 Å². The molecule has 0 bridgehead atoms. The van der Waals surface area contributed by atoms with Crippen molar-refractivity contribution in [3.63, 3.8) is 0 Å². The minimum Gasteiger partial charge on any atom is -0.481 e. The Morgan fingerprint density at radius 2 is 1.91 bits per heavy atom.